The fourth-order valence-electron chi connectivity index (χ4n) is 2.47. The standard InChI is InChI=1S/C18H14N6O3/c25-15(11-5-2-1-3-6-11)23-17-21-12-7-4-8-13(14(12)22-17)27-18(26)24-16-19-9-10-20-16/h1-10H,(H2,19,20,24,26)(H2,21,22,23,25). The fraction of sp³-hybridized carbons (Fsp3) is 0. The van der Waals surface area contributed by atoms with Gasteiger partial charge in [0.1, 0.15) is 5.52 Å². The quantitative estimate of drug-likeness (QED) is 0.444. The van der Waals surface area contributed by atoms with Crippen LogP contribution in [0.1, 0.15) is 10.4 Å². The number of fused-ring (bicyclic) bond motifs is 1. The Labute approximate surface area is 152 Å². The second kappa shape index (κ2) is 7.00. The number of anilines is 2. The van der Waals surface area contributed by atoms with Crippen LogP contribution in [0.15, 0.2) is 60.9 Å². The van der Waals surface area contributed by atoms with Crippen molar-refractivity contribution in [1.82, 2.24) is 19.9 Å². The van der Waals surface area contributed by atoms with Gasteiger partial charge in [0.25, 0.3) is 5.91 Å². The largest absolute Gasteiger partial charge is 0.419 e. The van der Waals surface area contributed by atoms with Crippen molar-refractivity contribution in [2.45, 2.75) is 0 Å². The Morgan fingerprint density at radius 3 is 2.59 bits per heavy atom. The minimum Gasteiger partial charge on any atom is -0.408 e. The van der Waals surface area contributed by atoms with E-state index in [-0.39, 0.29) is 23.6 Å². The molecule has 0 saturated heterocycles. The number of hydrogen-bond donors (Lipinski definition) is 4. The van der Waals surface area contributed by atoms with Gasteiger partial charge in [-0.3, -0.25) is 15.4 Å². The van der Waals surface area contributed by atoms with E-state index in [1.54, 1.807) is 48.7 Å². The summed E-state index contributed by atoms with van der Waals surface area (Å²) in [5.41, 5.74) is 1.53. The van der Waals surface area contributed by atoms with E-state index in [9.17, 15) is 9.59 Å². The van der Waals surface area contributed by atoms with Crippen LogP contribution in [0, 0.1) is 0 Å². The van der Waals surface area contributed by atoms with Crippen LogP contribution in [0.25, 0.3) is 11.0 Å². The molecule has 0 fully saturated rings. The summed E-state index contributed by atoms with van der Waals surface area (Å²) < 4.78 is 5.31. The van der Waals surface area contributed by atoms with Crippen LogP contribution in [-0.2, 0) is 0 Å². The number of nitrogens with zero attached hydrogens (tertiary/aromatic N) is 2. The lowest BCUT2D eigenvalue weighted by Gasteiger charge is -2.05. The second-order valence-electron chi connectivity index (χ2n) is 5.51. The van der Waals surface area contributed by atoms with Crippen LogP contribution in [0.5, 0.6) is 5.75 Å². The number of nitrogens with one attached hydrogen (secondary N) is 4. The van der Waals surface area contributed by atoms with Crippen LogP contribution in [0.4, 0.5) is 16.7 Å². The van der Waals surface area contributed by atoms with Crippen LogP contribution in [0.3, 0.4) is 0 Å². The number of carbonyl (C=O) groups excluding carboxylic acids is 2. The summed E-state index contributed by atoms with van der Waals surface area (Å²) in [4.78, 5) is 38.1. The Kier molecular flexibility index (Phi) is 4.24. The minimum atomic E-state index is -0.707. The molecular formula is C18H14N6O3. The van der Waals surface area contributed by atoms with Gasteiger partial charge in [0.2, 0.25) is 11.9 Å². The van der Waals surface area contributed by atoms with E-state index in [4.69, 9.17) is 4.74 Å². The van der Waals surface area contributed by atoms with Crippen molar-refractivity contribution in [1.29, 1.82) is 0 Å². The third-order valence-corrected chi connectivity index (χ3v) is 3.67. The van der Waals surface area contributed by atoms with Gasteiger partial charge in [-0.1, -0.05) is 24.3 Å². The Bertz CT molecular complexity index is 1090. The number of carbonyl (C=O) groups is 2. The highest BCUT2D eigenvalue weighted by Gasteiger charge is 2.14. The lowest BCUT2D eigenvalue weighted by atomic mass is 10.2. The van der Waals surface area contributed by atoms with Crippen LogP contribution in [-0.4, -0.2) is 31.9 Å². The first-order valence-electron chi connectivity index (χ1n) is 8.02. The molecule has 0 aliphatic carbocycles. The molecule has 2 amide bonds. The first-order chi connectivity index (χ1) is 13.2. The van der Waals surface area contributed by atoms with E-state index >= 15 is 0 Å². The zero-order valence-corrected chi connectivity index (χ0v) is 13.9. The molecule has 0 unspecified atom stereocenters. The van der Waals surface area contributed by atoms with Gasteiger partial charge >= 0.3 is 6.09 Å². The average molecular weight is 362 g/mol. The molecular weight excluding hydrogens is 348 g/mol. The molecule has 2 heterocycles. The highest BCUT2D eigenvalue weighted by Crippen LogP contribution is 2.25. The van der Waals surface area contributed by atoms with Gasteiger partial charge in [-0.15, -0.1) is 0 Å². The third kappa shape index (κ3) is 3.61. The highest BCUT2D eigenvalue weighted by molar-refractivity contribution is 6.04. The van der Waals surface area contributed by atoms with Gasteiger partial charge < -0.3 is 14.7 Å². The minimum absolute atomic E-state index is 0.251. The molecule has 0 spiro atoms. The van der Waals surface area contributed by atoms with E-state index in [1.807, 2.05) is 6.07 Å². The van der Waals surface area contributed by atoms with Crippen molar-refractivity contribution in [2.75, 3.05) is 10.6 Å². The molecule has 0 aliphatic heterocycles. The molecule has 2 aromatic carbocycles. The average Bonchev–Trinajstić information content (AvgIpc) is 3.32. The molecule has 4 aromatic rings. The van der Waals surface area contributed by atoms with Crippen molar-refractivity contribution in [2.24, 2.45) is 0 Å². The number of aromatic amines is 2. The van der Waals surface area contributed by atoms with Gasteiger partial charge in [-0.05, 0) is 24.3 Å². The summed E-state index contributed by atoms with van der Waals surface area (Å²) in [6.07, 6.45) is 2.38. The van der Waals surface area contributed by atoms with Crippen molar-refractivity contribution in [3.05, 3.63) is 66.5 Å². The van der Waals surface area contributed by atoms with Crippen molar-refractivity contribution in [3.63, 3.8) is 0 Å². The summed E-state index contributed by atoms with van der Waals surface area (Å²) >= 11 is 0. The van der Waals surface area contributed by atoms with Gasteiger partial charge in [0, 0.05) is 18.0 Å². The third-order valence-electron chi connectivity index (χ3n) is 3.67. The Morgan fingerprint density at radius 1 is 0.963 bits per heavy atom. The smallest absolute Gasteiger partial charge is 0.408 e. The van der Waals surface area contributed by atoms with Gasteiger partial charge in [-0.25, -0.2) is 14.8 Å². The molecule has 4 rings (SSSR count). The van der Waals surface area contributed by atoms with Crippen LogP contribution in [0.2, 0.25) is 0 Å². The predicted octanol–water partition coefficient (Wildman–Crippen LogP) is 3.15. The summed E-state index contributed by atoms with van der Waals surface area (Å²) in [5.74, 6) is 0.492. The zero-order chi connectivity index (χ0) is 18.6. The molecule has 9 heteroatoms. The number of amides is 2. The number of ether oxygens (including phenoxy) is 1. The first-order valence-corrected chi connectivity index (χ1v) is 8.02. The number of aromatic nitrogens is 4. The van der Waals surface area contributed by atoms with E-state index < -0.39 is 6.09 Å². The number of rotatable bonds is 4. The topological polar surface area (TPSA) is 125 Å². The number of para-hydroxylation sites is 1. The van der Waals surface area contributed by atoms with Gasteiger partial charge in [-0.2, -0.15) is 0 Å². The molecule has 134 valence electrons. The van der Waals surface area contributed by atoms with Crippen LogP contribution >= 0.6 is 0 Å². The summed E-state index contributed by atoms with van der Waals surface area (Å²) in [6.45, 7) is 0. The van der Waals surface area contributed by atoms with Gasteiger partial charge in [0.15, 0.2) is 5.75 Å². The number of H-pyrrole nitrogens is 2. The van der Waals surface area contributed by atoms with Crippen LogP contribution < -0.4 is 15.4 Å². The molecule has 0 bridgehead atoms. The second-order valence-corrected chi connectivity index (χ2v) is 5.51. The number of benzene rings is 2. The monoisotopic (exact) mass is 362 g/mol. The Morgan fingerprint density at radius 2 is 1.81 bits per heavy atom. The van der Waals surface area contributed by atoms with Crippen molar-refractivity contribution >= 4 is 34.9 Å². The summed E-state index contributed by atoms with van der Waals surface area (Å²) in [7, 11) is 0. The fourth-order valence-corrected chi connectivity index (χ4v) is 2.47. The maximum Gasteiger partial charge on any atom is 0.419 e. The molecule has 0 radical (unpaired) electrons. The van der Waals surface area contributed by atoms with Crippen molar-refractivity contribution < 1.29 is 14.3 Å². The maximum absolute atomic E-state index is 12.3. The summed E-state index contributed by atoms with van der Waals surface area (Å²) in [5, 5.41) is 5.15. The lowest BCUT2D eigenvalue weighted by molar-refractivity contribution is 0.102. The molecule has 0 saturated carbocycles. The molecule has 0 atom stereocenters. The van der Waals surface area contributed by atoms with Gasteiger partial charge in [0.05, 0.1) is 5.52 Å². The Hall–Kier alpha value is -4.14. The molecule has 4 N–H and O–H groups in total. The maximum atomic E-state index is 12.3. The zero-order valence-electron chi connectivity index (χ0n) is 13.9. The lowest BCUT2D eigenvalue weighted by Crippen LogP contribution is -2.17. The number of imidazole rings is 2. The molecule has 0 aliphatic rings. The SMILES string of the molecule is O=C(Nc1ncc[nH]1)Oc1cccc2nc(NC(=O)c3ccccc3)[nH]c12. The van der Waals surface area contributed by atoms with E-state index in [0.717, 1.165) is 0 Å². The summed E-state index contributed by atoms with van der Waals surface area (Å²) in [6, 6.07) is 13.8. The van der Waals surface area contributed by atoms with E-state index in [2.05, 4.69) is 30.6 Å². The normalized spacial score (nSPS) is 10.5. The van der Waals surface area contributed by atoms with E-state index in [0.29, 0.717) is 16.6 Å². The Balaban J connectivity index is 1.53. The highest BCUT2D eigenvalue weighted by atomic mass is 16.6. The molecule has 2 aromatic heterocycles. The molecule has 27 heavy (non-hydrogen) atoms. The van der Waals surface area contributed by atoms with E-state index in [1.165, 1.54) is 6.20 Å². The predicted molar refractivity (Wildman–Crippen MR) is 98.7 cm³/mol. The number of hydrogen-bond acceptors (Lipinski definition) is 5. The first kappa shape index (κ1) is 16.3. The molecule has 9 nitrogen and oxygen atoms in total. The van der Waals surface area contributed by atoms with Crippen molar-refractivity contribution in [3.8, 4) is 5.75 Å².